The van der Waals surface area contributed by atoms with Gasteiger partial charge in [0.2, 0.25) is 5.91 Å². The first-order chi connectivity index (χ1) is 8.68. The predicted octanol–water partition coefficient (Wildman–Crippen LogP) is 1.29. The van der Waals surface area contributed by atoms with Crippen LogP contribution in [0.3, 0.4) is 0 Å². The Morgan fingerprint density at radius 3 is 2.37 bits per heavy atom. The van der Waals surface area contributed by atoms with E-state index >= 15 is 0 Å². The minimum absolute atomic E-state index is 0.0424. The van der Waals surface area contributed by atoms with E-state index < -0.39 is 11.4 Å². The maximum atomic E-state index is 12.4. The summed E-state index contributed by atoms with van der Waals surface area (Å²) in [6.45, 7) is 9.77. The number of rotatable bonds is 4. The molecule has 5 heteroatoms. The summed E-state index contributed by atoms with van der Waals surface area (Å²) in [4.78, 5) is 27.8. The van der Waals surface area contributed by atoms with Crippen molar-refractivity contribution in [2.75, 3.05) is 26.7 Å². The highest BCUT2D eigenvalue weighted by Crippen LogP contribution is 2.32. The SMILES string of the molecule is CC1CN(C)CCN1C(=O)CC(C)(C(=O)O)C(C)C. The highest BCUT2D eigenvalue weighted by Gasteiger charge is 2.40. The molecule has 19 heavy (non-hydrogen) atoms. The molecule has 1 saturated heterocycles. The molecule has 0 bridgehead atoms. The Kier molecular flexibility index (Phi) is 4.96. The molecule has 110 valence electrons. The maximum Gasteiger partial charge on any atom is 0.310 e. The Bertz CT molecular complexity index is 357. The van der Waals surface area contributed by atoms with Gasteiger partial charge in [-0.15, -0.1) is 0 Å². The molecule has 0 aromatic carbocycles. The van der Waals surface area contributed by atoms with Crippen molar-refractivity contribution >= 4 is 11.9 Å². The maximum absolute atomic E-state index is 12.4. The number of hydrogen-bond acceptors (Lipinski definition) is 3. The van der Waals surface area contributed by atoms with Gasteiger partial charge >= 0.3 is 5.97 Å². The number of aliphatic carboxylic acids is 1. The van der Waals surface area contributed by atoms with Crippen LogP contribution in [0.4, 0.5) is 0 Å². The Balaban J connectivity index is 2.76. The number of likely N-dealkylation sites (N-methyl/N-ethyl adjacent to an activating group) is 1. The quantitative estimate of drug-likeness (QED) is 0.836. The largest absolute Gasteiger partial charge is 0.481 e. The van der Waals surface area contributed by atoms with Crippen molar-refractivity contribution in [3.05, 3.63) is 0 Å². The molecule has 0 aromatic rings. The fraction of sp³-hybridized carbons (Fsp3) is 0.857. The van der Waals surface area contributed by atoms with Gasteiger partial charge in [0, 0.05) is 32.1 Å². The number of amides is 1. The second-order valence-corrected chi connectivity index (χ2v) is 6.25. The average Bonchev–Trinajstić information content (AvgIpc) is 2.27. The molecule has 0 aliphatic carbocycles. The van der Waals surface area contributed by atoms with Gasteiger partial charge in [-0.05, 0) is 26.8 Å². The van der Waals surface area contributed by atoms with Crippen molar-refractivity contribution in [1.82, 2.24) is 9.80 Å². The van der Waals surface area contributed by atoms with E-state index in [0.717, 1.165) is 13.1 Å². The first-order valence-corrected chi connectivity index (χ1v) is 6.90. The first kappa shape index (κ1) is 16.0. The molecule has 0 aromatic heterocycles. The molecule has 1 rings (SSSR count). The van der Waals surface area contributed by atoms with Crippen LogP contribution in [0, 0.1) is 11.3 Å². The van der Waals surface area contributed by atoms with E-state index in [2.05, 4.69) is 4.90 Å². The summed E-state index contributed by atoms with van der Waals surface area (Å²) in [5, 5.41) is 9.38. The Morgan fingerprint density at radius 2 is 1.95 bits per heavy atom. The topological polar surface area (TPSA) is 60.9 Å². The average molecular weight is 270 g/mol. The van der Waals surface area contributed by atoms with E-state index in [1.165, 1.54) is 0 Å². The molecule has 2 unspecified atom stereocenters. The summed E-state index contributed by atoms with van der Waals surface area (Å²) in [6, 6.07) is 0.149. The molecule has 0 radical (unpaired) electrons. The normalized spacial score (nSPS) is 24.3. The van der Waals surface area contributed by atoms with Gasteiger partial charge in [0.15, 0.2) is 0 Å². The standard InChI is InChI=1S/C14H26N2O3/c1-10(2)14(4,13(18)19)8-12(17)16-7-6-15(5)9-11(16)3/h10-11H,6-9H2,1-5H3,(H,18,19). The van der Waals surface area contributed by atoms with Gasteiger partial charge in [0.1, 0.15) is 0 Å². The van der Waals surface area contributed by atoms with Gasteiger partial charge in [0.25, 0.3) is 0 Å². The van der Waals surface area contributed by atoms with Crippen molar-refractivity contribution in [1.29, 1.82) is 0 Å². The minimum atomic E-state index is -0.986. The number of nitrogens with zero attached hydrogens (tertiary/aromatic N) is 2. The van der Waals surface area contributed by atoms with Crippen LogP contribution in [0.1, 0.15) is 34.1 Å². The van der Waals surface area contributed by atoms with Crippen LogP contribution in [0.15, 0.2) is 0 Å². The lowest BCUT2D eigenvalue weighted by Crippen LogP contribution is -2.54. The Hall–Kier alpha value is -1.10. The van der Waals surface area contributed by atoms with Crippen molar-refractivity contribution in [2.24, 2.45) is 11.3 Å². The van der Waals surface area contributed by atoms with Crippen molar-refractivity contribution in [3.63, 3.8) is 0 Å². The van der Waals surface area contributed by atoms with Crippen LogP contribution in [-0.4, -0.2) is 59.5 Å². The van der Waals surface area contributed by atoms with Gasteiger partial charge in [-0.2, -0.15) is 0 Å². The van der Waals surface area contributed by atoms with Gasteiger partial charge in [-0.3, -0.25) is 9.59 Å². The second-order valence-electron chi connectivity index (χ2n) is 6.25. The lowest BCUT2D eigenvalue weighted by Gasteiger charge is -2.40. The summed E-state index contributed by atoms with van der Waals surface area (Å²) in [5.41, 5.74) is -0.986. The van der Waals surface area contributed by atoms with Crippen LogP contribution in [0.2, 0.25) is 0 Å². The summed E-state index contributed by atoms with van der Waals surface area (Å²) in [7, 11) is 2.04. The number of carboxylic acid groups (broad SMARTS) is 1. The van der Waals surface area contributed by atoms with E-state index in [0.29, 0.717) is 6.54 Å². The molecule has 1 aliphatic heterocycles. The minimum Gasteiger partial charge on any atom is -0.481 e. The van der Waals surface area contributed by atoms with Gasteiger partial charge < -0.3 is 14.9 Å². The lowest BCUT2D eigenvalue weighted by atomic mass is 9.76. The number of carbonyl (C=O) groups excluding carboxylic acids is 1. The van der Waals surface area contributed by atoms with Gasteiger partial charge in [-0.25, -0.2) is 0 Å². The van der Waals surface area contributed by atoms with E-state index in [4.69, 9.17) is 0 Å². The number of piperazine rings is 1. The molecule has 5 nitrogen and oxygen atoms in total. The summed E-state index contributed by atoms with van der Waals surface area (Å²) < 4.78 is 0. The smallest absolute Gasteiger partial charge is 0.310 e. The van der Waals surface area contributed by atoms with Crippen LogP contribution in [-0.2, 0) is 9.59 Å². The van der Waals surface area contributed by atoms with Crippen molar-refractivity contribution in [3.8, 4) is 0 Å². The number of carboxylic acids is 1. The highest BCUT2D eigenvalue weighted by atomic mass is 16.4. The van der Waals surface area contributed by atoms with Gasteiger partial charge in [0.05, 0.1) is 5.41 Å². The molecule has 1 aliphatic rings. The van der Waals surface area contributed by atoms with E-state index in [-0.39, 0.29) is 24.3 Å². The fourth-order valence-corrected chi connectivity index (χ4v) is 2.45. The van der Waals surface area contributed by atoms with Crippen molar-refractivity contribution < 1.29 is 14.7 Å². The summed E-state index contributed by atoms with van der Waals surface area (Å²) in [6.07, 6.45) is 0.0774. The number of carbonyl (C=O) groups is 2. The van der Waals surface area contributed by atoms with Crippen LogP contribution in [0.25, 0.3) is 0 Å². The van der Waals surface area contributed by atoms with Crippen LogP contribution in [0.5, 0.6) is 0 Å². The third-order valence-electron chi connectivity index (χ3n) is 4.43. The molecule has 1 amide bonds. The summed E-state index contributed by atoms with van der Waals surface area (Å²) >= 11 is 0. The molecule has 0 saturated carbocycles. The molecular formula is C14H26N2O3. The van der Waals surface area contributed by atoms with E-state index in [1.807, 2.05) is 32.7 Å². The van der Waals surface area contributed by atoms with E-state index in [9.17, 15) is 14.7 Å². The van der Waals surface area contributed by atoms with Crippen LogP contribution >= 0.6 is 0 Å². The molecule has 0 spiro atoms. The van der Waals surface area contributed by atoms with Gasteiger partial charge in [-0.1, -0.05) is 13.8 Å². The third kappa shape index (κ3) is 3.47. The zero-order valence-corrected chi connectivity index (χ0v) is 12.6. The zero-order valence-electron chi connectivity index (χ0n) is 12.6. The Labute approximate surface area is 115 Å². The molecular weight excluding hydrogens is 244 g/mol. The lowest BCUT2D eigenvalue weighted by molar-refractivity contribution is -0.156. The third-order valence-corrected chi connectivity index (χ3v) is 4.43. The highest BCUT2D eigenvalue weighted by molar-refractivity contribution is 5.85. The van der Waals surface area contributed by atoms with Crippen molar-refractivity contribution in [2.45, 2.75) is 40.2 Å². The van der Waals surface area contributed by atoms with Crippen LogP contribution < -0.4 is 0 Å². The molecule has 1 fully saturated rings. The second kappa shape index (κ2) is 5.90. The zero-order chi connectivity index (χ0) is 14.8. The molecule has 2 atom stereocenters. The monoisotopic (exact) mass is 270 g/mol. The van der Waals surface area contributed by atoms with E-state index in [1.54, 1.807) is 6.92 Å². The fourth-order valence-electron chi connectivity index (χ4n) is 2.45. The predicted molar refractivity (Wildman–Crippen MR) is 73.9 cm³/mol. The first-order valence-electron chi connectivity index (χ1n) is 6.90. The number of hydrogen-bond donors (Lipinski definition) is 1. The molecule has 1 N–H and O–H groups in total. The molecule has 1 heterocycles. The summed E-state index contributed by atoms with van der Waals surface area (Å²) in [5.74, 6) is -1.01. The Morgan fingerprint density at radius 1 is 1.37 bits per heavy atom.